The SMILES string of the molecule is [BH3-][P+]([O-])(OCCO)OP(O)(=S)OP(=O)(O)O. The van der Waals surface area contributed by atoms with Gasteiger partial charge < -0.3 is 24.7 Å². The molecule has 4 N–H and O–H groups in total. The van der Waals surface area contributed by atoms with Crippen LogP contribution in [-0.2, 0) is 29.5 Å². The maximum atomic E-state index is 11.5. The fourth-order valence-corrected chi connectivity index (χ4v) is 4.20. The Hall–Kier alpha value is 1.05. The maximum absolute atomic E-state index is 11.5. The number of hydrogen-bond acceptors (Lipinski definition) is 7. The molecule has 0 radical (unpaired) electrons. The first-order chi connectivity index (χ1) is 6.97. The molecular weight excluding hydrogens is 304 g/mol. The van der Waals surface area contributed by atoms with Crippen LogP contribution < -0.4 is 4.89 Å². The summed E-state index contributed by atoms with van der Waals surface area (Å²) in [6.45, 7) is -5.01. The van der Waals surface area contributed by atoms with Crippen molar-refractivity contribution in [2.75, 3.05) is 13.2 Å². The monoisotopic (exact) mass is 315 g/mol. The molecule has 14 heteroatoms. The Morgan fingerprint density at radius 1 is 1.44 bits per heavy atom. The van der Waals surface area contributed by atoms with Gasteiger partial charge >= 0.3 is 14.5 Å². The molecule has 0 aromatic rings. The number of hydrogen-bond donors (Lipinski definition) is 4. The Morgan fingerprint density at radius 3 is 2.31 bits per heavy atom. The van der Waals surface area contributed by atoms with Gasteiger partial charge in [-0.3, -0.25) is 4.52 Å². The highest BCUT2D eigenvalue weighted by atomic mass is 32.5. The zero-order chi connectivity index (χ0) is 13.0. The van der Waals surface area contributed by atoms with Crippen molar-refractivity contribution in [3.05, 3.63) is 0 Å². The van der Waals surface area contributed by atoms with E-state index in [0.717, 1.165) is 0 Å². The maximum Gasteiger partial charge on any atom is 0.476 e. The first-order valence-corrected chi connectivity index (χ1v) is 8.38. The van der Waals surface area contributed by atoms with E-state index in [1.54, 1.807) is 0 Å². The van der Waals surface area contributed by atoms with Gasteiger partial charge in [0.2, 0.25) is 0 Å². The molecule has 0 aliphatic carbocycles. The van der Waals surface area contributed by atoms with E-state index in [1.165, 1.54) is 0 Å². The molecule has 16 heavy (non-hydrogen) atoms. The average molecular weight is 315 g/mol. The largest absolute Gasteiger partial charge is 0.669 e. The fraction of sp³-hybridized carbons (Fsp3) is 1.00. The predicted octanol–water partition coefficient (Wildman–Crippen LogP) is -2.26. The lowest BCUT2D eigenvalue weighted by Crippen LogP contribution is -2.16. The molecule has 0 bridgehead atoms. The van der Waals surface area contributed by atoms with Crippen LogP contribution in [-0.4, -0.2) is 40.6 Å². The minimum atomic E-state index is -5.03. The predicted molar refractivity (Wildman–Crippen MR) is 60.6 cm³/mol. The van der Waals surface area contributed by atoms with Crippen molar-refractivity contribution in [3.8, 4) is 0 Å². The lowest BCUT2D eigenvalue weighted by molar-refractivity contribution is -0.203. The number of aliphatic hydroxyl groups is 1. The Bertz CT molecular complexity index is 314. The van der Waals surface area contributed by atoms with Gasteiger partial charge in [-0.25, -0.2) is 8.88 Å². The van der Waals surface area contributed by atoms with Crippen LogP contribution in [0.25, 0.3) is 0 Å². The van der Waals surface area contributed by atoms with Crippen molar-refractivity contribution in [3.63, 3.8) is 0 Å². The molecule has 0 aromatic heterocycles. The van der Waals surface area contributed by atoms with Crippen molar-refractivity contribution < 1.29 is 42.4 Å². The number of rotatable bonds is 7. The van der Waals surface area contributed by atoms with Crippen LogP contribution in [0.15, 0.2) is 0 Å². The standard InChI is InChI=1S/C2H11BO9P3S/c3-13(5,10-2-1-4)11-15(9,16)12-14(6,7)8/h4H,1-2H2,3H3,(H,9,16)(H2,6,7,8)/q-1. The van der Waals surface area contributed by atoms with E-state index in [9.17, 15) is 14.4 Å². The van der Waals surface area contributed by atoms with Gasteiger partial charge in [0, 0.05) is 0 Å². The molecule has 0 saturated carbocycles. The van der Waals surface area contributed by atoms with Crippen LogP contribution in [0.5, 0.6) is 0 Å². The molecule has 0 aromatic carbocycles. The molecular formula is C2H11BO9P3S-. The summed E-state index contributed by atoms with van der Waals surface area (Å²) in [6, 6.07) is 0. The molecule has 9 nitrogen and oxygen atoms in total. The van der Waals surface area contributed by atoms with Crippen LogP contribution in [0.1, 0.15) is 0 Å². The van der Waals surface area contributed by atoms with E-state index in [-0.39, 0.29) is 6.61 Å². The summed E-state index contributed by atoms with van der Waals surface area (Å²) in [4.78, 5) is 37.5. The van der Waals surface area contributed by atoms with Crippen molar-refractivity contribution in [2.24, 2.45) is 0 Å². The second kappa shape index (κ2) is 6.29. The van der Waals surface area contributed by atoms with Crippen LogP contribution in [0.3, 0.4) is 0 Å². The minimum absolute atomic E-state index is 0.286. The molecule has 0 aliphatic heterocycles. The quantitative estimate of drug-likeness (QED) is 0.299. The normalized spacial score (nSPS) is 20.1. The van der Waals surface area contributed by atoms with Crippen LogP contribution in [0, 0.1) is 0 Å². The van der Waals surface area contributed by atoms with Gasteiger partial charge in [0.05, 0.1) is 14.4 Å². The highest BCUT2D eigenvalue weighted by Gasteiger charge is 2.34. The molecule has 0 spiro atoms. The summed E-state index contributed by atoms with van der Waals surface area (Å²) in [5, 5.41) is 8.41. The van der Waals surface area contributed by atoms with Gasteiger partial charge in [0.25, 0.3) is 0 Å². The summed E-state index contributed by atoms with van der Waals surface area (Å²) in [6.07, 6.45) is 0. The van der Waals surface area contributed by atoms with E-state index in [0.29, 0.717) is 0 Å². The van der Waals surface area contributed by atoms with Crippen molar-refractivity contribution in [1.82, 2.24) is 0 Å². The lowest BCUT2D eigenvalue weighted by atomic mass is 10.8. The summed E-state index contributed by atoms with van der Waals surface area (Å²) < 4.78 is 23.2. The van der Waals surface area contributed by atoms with Crippen LogP contribution in [0.2, 0.25) is 0 Å². The topological polar surface area (TPSA) is 149 Å². The third kappa shape index (κ3) is 9.12. The van der Waals surface area contributed by atoms with Crippen LogP contribution in [0.4, 0.5) is 0 Å². The lowest BCUT2D eigenvalue weighted by Gasteiger charge is -2.32. The Kier molecular flexibility index (Phi) is 6.70. The minimum Gasteiger partial charge on any atom is -0.669 e. The molecule has 2 atom stereocenters. The molecule has 98 valence electrons. The summed E-state index contributed by atoms with van der Waals surface area (Å²) >= 11 is 4.25. The summed E-state index contributed by atoms with van der Waals surface area (Å²) in [5.41, 5.74) is 0. The highest BCUT2D eigenvalue weighted by molar-refractivity contribution is 8.11. The van der Waals surface area contributed by atoms with Gasteiger partial charge in [0.1, 0.15) is 6.61 Å². The highest BCUT2D eigenvalue weighted by Crippen LogP contribution is 2.67. The zero-order valence-corrected chi connectivity index (χ0v) is 10.5. The molecule has 0 saturated heterocycles. The number of aliphatic hydroxyl groups excluding tert-OH is 1. The van der Waals surface area contributed by atoms with Crippen LogP contribution >= 0.6 is 22.4 Å². The van der Waals surface area contributed by atoms with Crippen molar-refractivity contribution in [2.45, 2.75) is 0 Å². The Labute approximate surface area is 97.8 Å². The van der Waals surface area contributed by atoms with E-state index in [4.69, 9.17) is 14.9 Å². The molecule has 0 fully saturated rings. The molecule has 0 amide bonds. The molecule has 0 aliphatic rings. The third-order valence-electron chi connectivity index (χ3n) is 0.667. The van der Waals surface area contributed by atoms with Gasteiger partial charge in [-0.2, -0.15) is 4.31 Å². The second-order valence-electron chi connectivity index (χ2n) is 1.90. The Morgan fingerprint density at radius 2 is 1.94 bits per heavy atom. The number of phosphoric acid groups is 1. The smallest absolute Gasteiger partial charge is 0.476 e. The molecule has 0 rings (SSSR count). The molecule has 0 heterocycles. The first-order valence-electron chi connectivity index (χ1n) is 3.17. The van der Waals surface area contributed by atoms with E-state index < -0.39 is 36.5 Å². The first kappa shape index (κ1) is 17.1. The second-order valence-corrected chi connectivity index (χ2v) is 7.22. The van der Waals surface area contributed by atoms with E-state index in [2.05, 4.69) is 25.0 Å². The average Bonchev–Trinajstić information content (AvgIpc) is 1.93. The zero-order valence-electron chi connectivity index (χ0n) is 6.99. The van der Waals surface area contributed by atoms with Crippen molar-refractivity contribution in [1.29, 1.82) is 0 Å². The van der Waals surface area contributed by atoms with Crippen molar-refractivity contribution >= 4 is 41.7 Å². The van der Waals surface area contributed by atoms with Gasteiger partial charge in [-0.05, 0) is 11.8 Å². The Balaban J connectivity index is 4.46. The van der Waals surface area contributed by atoms with E-state index in [1.807, 2.05) is 0 Å². The third-order valence-corrected chi connectivity index (χ3v) is 5.30. The summed E-state index contributed by atoms with van der Waals surface area (Å²) in [5.74, 6) is 0. The molecule has 2 unspecified atom stereocenters. The van der Waals surface area contributed by atoms with E-state index >= 15 is 0 Å². The fourth-order valence-electron chi connectivity index (χ4n) is 0.372. The van der Waals surface area contributed by atoms with Gasteiger partial charge in [-0.1, -0.05) is 0 Å². The van der Waals surface area contributed by atoms with Gasteiger partial charge in [-0.15, -0.1) is 0 Å². The van der Waals surface area contributed by atoms with Gasteiger partial charge in [0.15, 0.2) is 7.57 Å². The summed E-state index contributed by atoms with van der Waals surface area (Å²) in [7, 11) is -9.71.